The lowest BCUT2D eigenvalue weighted by atomic mass is 9.49. The number of hydrogen-bond acceptors (Lipinski definition) is 3. The Morgan fingerprint density at radius 2 is 2.04 bits per heavy atom. The first-order valence-electron chi connectivity index (χ1n) is 9.31. The Hall–Kier alpha value is -0.380. The van der Waals surface area contributed by atoms with Gasteiger partial charge in [0.05, 0.1) is 23.4 Å². The van der Waals surface area contributed by atoms with Crippen LogP contribution in [0, 0.1) is 17.3 Å². The second kappa shape index (κ2) is 5.57. The molecule has 0 spiro atoms. The molecule has 3 aliphatic rings. The second-order valence-corrected chi connectivity index (χ2v) is 9.43. The molecule has 6 atom stereocenters. The van der Waals surface area contributed by atoms with Crippen molar-refractivity contribution in [2.45, 2.75) is 96.1 Å². The minimum atomic E-state index is -1.01. The van der Waals surface area contributed by atoms with Crippen LogP contribution >= 0.6 is 0 Å². The maximum Gasteiger partial charge on any atom is 0.0920 e. The Morgan fingerprint density at radius 3 is 2.70 bits per heavy atom. The minimum absolute atomic E-state index is 0.109. The highest BCUT2D eigenvalue weighted by molar-refractivity contribution is 5.17. The van der Waals surface area contributed by atoms with Gasteiger partial charge in [0.15, 0.2) is 0 Å². The van der Waals surface area contributed by atoms with E-state index in [2.05, 4.69) is 20.4 Å². The molecule has 0 aromatic carbocycles. The predicted octanol–water partition coefficient (Wildman–Crippen LogP) is 3.83. The monoisotopic (exact) mass is 322 g/mol. The molecule has 1 heterocycles. The van der Waals surface area contributed by atoms with Gasteiger partial charge < -0.3 is 14.9 Å². The average Bonchev–Trinajstić information content (AvgIpc) is 3.08. The molecule has 1 aliphatic heterocycles. The van der Waals surface area contributed by atoms with Gasteiger partial charge >= 0.3 is 0 Å². The smallest absolute Gasteiger partial charge is 0.0920 e. The summed E-state index contributed by atoms with van der Waals surface area (Å²) < 4.78 is 5.93. The molecule has 3 nitrogen and oxygen atoms in total. The second-order valence-electron chi connectivity index (χ2n) is 9.43. The quantitative estimate of drug-likeness (QED) is 0.611. The van der Waals surface area contributed by atoms with Gasteiger partial charge in [-0.05, 0) is 83.0 Å². The number of rotatable bonds is 4. The molecule has 3 rings (SSSR count). The third-order valence-electron chi connectivity index (χ3n) is 7.11. The first-order valence-corrected chi connectivity index (χ1v) is 9.31. The first-order chi connectivity index (χ1) is 10.6. The van der Waals surface area contributed by atoms with Crippen LogP contribution in [0.4, 0.5) is 0 Å². The van der Waals surface area contributed by atoms with Gasteiger partial charge in [-0.15, -0.1) is 0 Å². The average molecular weight is 322 g/mol. The van der Waals surface area contributed by atoms with Crippen molar-refractivity contribution < 1.29 is 14.9 Å². The van der Waals surface area contributed by atoms with Crippen LogP contribution in [-0.2, 0) is 4.74 Å². The van der Waals surface area contributed by atoms with Crippen molar-refractivity contribution in [3.05, 3.63) is 12.2 Å². The Kier molecular flexibility index (Phi) is 4.23. The van der Waals surface area contributed by atoms with Gasteiger partial charge in [-0.3, -0.25) is 0 Å². The lowest BCUT2D eigenvalue weighted by Gasteiger charge is -2.55. The Balaban J connectivity index is 1.64. The van der Waals surface area contributed by atoms with Gasteiger partial charge in [0.1, 0.15) is 0 Å². The number of allylic oxidation sites excluding steroid dienone is 1. The maximum atomic E-state index is 10.2. The SMILES string of the molecule is C=C1CC[C@H]2O[C@]2(C)CC[C@@H]2[C@@H]1C[C@@]2(C)CC[C@@H](O)C(C)(C)O. The third kappa shape index (κ3) is 3.25. The van der Waals surface area contributed by atoms with Crippen LogP contribution in [0.25, 0.3) is 0 Å². The van der Waals surface area contributed by atoms with E-state index in [0.717, 1.165) is 25.7 Å². The fourth-order valence-corrected chi connectivity index (χ4v) is 5.03. The Labute approximate surface area is 141 Å². The molecule has 2 N–H and O–H groups in total. The zero-order chi connectivity index (χ0) is 17.0. The lowest BCUT2D eigenvalue weighted by Crippen LogP contribution is -2.48. The van der Waals surface area contributed by atoms with Gasteiger partial charge in [0.25, 0.3) is 0 Å². The molecule has 0 radical (unpaired) electrons. The number of aliphatic hydroxyl groups excluding tert-OH is 1. The number of epoxide rings is 1. The van der Waals surface area contributed by atoms with Gasteiger partial charge in [-0.2, -0.15) is 0 Å². The third-order valence-corrected chi connectivity index (χ3v) is 7.11. The molecule has 23 heavy (non-hydrogen) atoms. The molecule has 1 saturated heterocycles. The highest BCUT2D eigenvalue weighted by Crippen LogP contribution is 2.61. The van der Waals surface area contributed by atoms with Crippen LogP contribution in [0.2, 0.25) is 0 Å². The van der Waals surface area contributed by atoms with Gasteiger partial charge in [0.2, 0.25) is 0 Å². The topological polar surface area (TPSA) is 53.0 Å². The molecule has 3 heteroatoms. The molecule has 2 aliphatic carbocycles. The van der Waals surface area contributed by atoms with Gasteiger partial charge in [-0.25, -0.2) is 0 Å². The van der Waals surface area contributed by atoms with Gasteiger partial charge in [-0.1, -0.05) is 19.1 Å². The summed E-state index contributed by atoms with van der Waals surface area (Å²) >= 11 is 0. The minimum Gasteiger partial charge on any atom is -0.390 e. The fraction of sp³-hybridized carbons (Fsp3) is 0.900. The summed E-state index contributed by atoms with van der Waals surface area (Å²) in [7, 11) is 0. The summed E-state index contributed by atoms with van der Waals surface area (Å²) in [5, 5.41) is 20.1. The predicted molar refractivity (Wildman–Crippen MR) is 92.1 cm³/mol. The van der Waals surface area contributed by atoms with Crippen molar-refractivity contribution in [2.24, 2.45) is 17.3 Å². The lowest BCUT2D eigenvalue weighted by molar-refractivity contribution is -0.0771. The zero-order valence-corrected chi connectivity index (χ0v) is 15.3. The molecular weight excluding hydrogens is 288 g/mol. The van der Waals surface area contributed by atoms with Gasteiger partial charge in [0, 0.05) is 0 Å². The molecule has 2 saturated carbocycles. The molecule has 0 aromatic heterocycles. The van der Waals surface area contributed by atoms with E-state index in [4.69, 9.17) is 4.74 Å². The van der Waals surface area contributed by atoms with Crippen molar-refractivity contribution >= 4 is 0 Å². The van der Waals surface area contributed by atoms with Crippen LogP contribution in [-0.4, -0.2) is 33.6 Å². The molecule has 132 valence electrons. The highest BCUT2D eigenvalue weighted by atomic mass is 16.6. The largest absolute Gasteiger partial charge is 0.390 e. The van der Waals surface area contributed by atoms with Crippen LogP contribution in [0.5, 0.6) is 0 Å². The highest BCUT2D eigenvalue weighted by Gasteiger charge is 2.57. The van der Waals surface area contributed by atoms with Crippen molar-refractivity contribution in [1.82, 2.24) is 0 Å². The van der Waals surface area contributed by atoms with E-state index in [1.807, 2.05) is 0 Å². The van der Waals surface area contributed by atoms with Crippen LogP contribution in [0.3, 0.4) is 0 Å². The first kappa shape index (κ1) is 17.4. The number of ether oxygens (including phenoxy) is 1. The van der Waals surface area contributed by atoms with Crippen molar-refractivity contribution in [1.29, 1.82) is 0 Å². The standard InChI is InChI=1S/C20H34O3/c1-13-6-7-17-20(5,23-17)11-8-15-14(13)12-19(15,4)10-9-16(21)18(2,3)22/h14-17,21-22H,1,6-12H2,2-5H3/t14-,15-,16-,17-,19-,20-/m1/s1. The molecule has 0 unspecified atom stereocenters. The summed E-state index contributed by atoms with van der Waals surface area (Å²) in [6.45, 7) is 12.4. The van der Waals surface area contributed by atoms with E-state index in [-0.39, 0.29) is 11.0 Å². The summed E-state index contributed by atoms with van der Waals surface area (Å²) in [6.07, 6.45) is 7.22. The maximum absolute atomic E-state index is 10.2. The van der Waals surface area contributed by atoms with Crippen LogP contribution in [0.15, 0.2) is 12.2 Å². The van der Waals surface area contributed by atoms with E-state index in [9.17, 15) is 10.2 Å². The number of fused-ring (bicyclic) bond motifs is 2. The van der Waals surface area contributed by atoms with Crippen molar-refractivity contribution in [3.8, 4) is 0 Å². The van der Waals surface area contributed by atoms with Crippen LogP contribution in [0.1, 0.15) is 72.6 Å². The number of hydrogen-bond donors (Lipinski definition) is 2. The van der Waals surface area contributed by atoms with Crippen molar-refractivity contribution in [2.75, 3.05) is 0 Å². The van der Waals surface area contributed by atoms with Crippen LogP contribution < -0.4 is 0 Å². The summed E-state index contributed by atoms with van der Waals surface area (Å²) in [5.41, 5.74) is 0.781. The normalized spacial score (nSPS) is 45.0. The summed E-state index contributed by atoms with van der Waals surface area (Å²) in [4.78, 5) is 0. The Morgan fingerprint density at radius 1 is 1.35 bits per heavy atom. The number of aliphatic hydroxyl groups is 2. The fourth-order valence-electron chi connectivity index (χ4n) is 5.03. The van der Waals surface area contributed by atoms with E-state index < -0.39 is 11.7 Å². The summed E-state index contributed by atoms with van der Waals surface area (Å²) in [5.74, 6) is 1.31. The van der Waals surface area contributed by atoms with E-state index >= 15 is 0 Å². The summed E-state index contributed by atoms with van der Waals surface area (Å²) in [6, 6.07) is 0. The molecule has 0 aromatic rings. The molecular formula is C20H34O3. The molecule has 0 bridgehead atoms. The Bertz CT molecular complexity index is 480. The van der Waals surface area contributed by atoms with E-state index in [0.29, 0.717) is 24.4 Å². The van der Waals surface area contributed by atoms with E-state index in [1.165, 1.54) is 18.4 Å². The zero-order valence-electron chi connectivity index (χ0n) is 15.3. The van der Waals surface area contributed by atoms with Crippen molar-refractivity contribution in [3.63, 3.8) is 0 Å². The molecule has 0 amide bonds. The molecule has 3 fully saturated rings. The van der Waals surface area contributed by atoms with E-state index in [1.54, 1.807) is 13.8 Å².